The van der Waals surface area contributed by atoms with Gasteiger partial charge in [-0.05, 0) is 56.5 Å². The van der Waals surface area contributed by atoms with Crippen LogP contribution in [0.1, 0.15) is 38.3 Å². The second kappa shape index (κ2) is 10.9. The summed E-state index contributed by atoms with van der Waals surface area (Å²) in [5.41, 5.74) is 1.62. The van der Waals surface area contributed by atoms with E-state index in [0.29, 0.717) is 21.5 Å². The third-order valence-electron chi connectivity index (χ3n) is 4.52. The molecule has 29 heavy (non-hydrogen) atoms. The second-order valence-electron chi connectivity index (χ2n) is 7.19. The van der Waals surface area contributed by atoms with Gasteiger partial charge < -0.3 is 10.2 Å². The summed E-state index contributed by atoms with van der Waals surface area (Å²) in [6.45, 7) is 5.69. The van der Waals surface area contributed by atoms with Gasteiger partial charge in [-0.3, -0.25) is 9.59 Å². The summed E-state index contributed by atoms with van der Waals surface area (Å²) < 4.78 is 0. The van der Waals surface area contributed by atoms with Gasteiger partial charge in [-0.15, -0.1) is 0 Å². The Hall–Kier alpha value is -1.75. The molecule has 0 fully saturated rings. The lowest BCUT2D eigenvalue weighted by Gasteiger charge is -2.30. The van der Waals surface area contributed by atoms with Crippen LogP contribution in [0.3, 0.4) is 0 Å². The zero-order valence-corrected chi connectivity index (χ0v) is 19.0. The minimum atomic E-state index is -0.650. The minimum Gasteiger partial charge on any atom is -0.352 e. The molecule has 0 radical (unpaired) electrons. The normalized spacial score (nSPS) is 12.0. The minimum absolute atomic E-state index is 0.0239. The van der Waals surface area contributed by atoms with Crippen molar-refractivity contribution in [1.82, 2.24) is 10.2 Å². The molecule has 4 nitrogen and oxygen atoms in total. The Kier molecular flexibility index (Phi) is 8.81. The van der Waals surface area contributed by atoms with Crippen LogP contribution < -0.4 is 5.32 Å². The van der Waals surface area contributed by atoms with Crippen molar-refractivity contribution < 1.29 is 9.59 Å². The first-order valence-electron chi connectivity index (χ1n) is 9.46. The zero-order valence-electron chi connectivity index (χ0n) is 16.7. The monoisotopic (exact) mass is 454 g/mol. The average molecular weight is 456 g/mol. The number of aryl methyl sites for hydroxylation is 1. The maximum atomic E-state index is 13.1. The van der Waals surface area contributed by atoms with E-state index < -0.39 is 6.04 Å². The van der Waals surface area contributed by atoms with Crippen LogP contribution in [0.5, 0.6) is 0 Å². The third-order valence-corrected chi connectivity index (χ3v) is 5.48. The summed E-state index contributed by atoms with van der Waals surface area (Å²) >= 11 is 18.5. The molecule has 0 aliphatic carbocycles. The van der Waals surface area contributed by atoms with E-state index in [9.17, 15) is 9.59 Å². The first-order valence-corrected chi connectivity index (χ1v) is 10.6. The van der Waals surface area contributed by atoms with Gasteiger partial charge in [0, 0.05) is 34.1 Å². The Morgan fingerprint density at radius 2 is 1.66 bits per heavy atom. The number of amides is 2. The molecule has 0 saturated heterocycles. The fraction of sp³-hybridized carbons (Fsp3) is 0.364. The Bertz CT molecular complexity index is 871. The fourth-order valence-corrected chi connectivity index (χ4v) is 3.61. The third kappa shape index (κ3) is 6.91. The van der Waals surface area contributed by atoms with Gasteiger partial charge in [0.25, 0.3) is 0 Å². The molecule has 7 heteroatoms. The van der Waals surface area contributed by atoms with E-state index >= 15 is 0 Å². The highest BCUT2D eigenvalue weighted by molar-refractivity contribution is 6.35. The SMILES string of the molecule is CC(C)NC(=O)[C@H](C)N(Cc1ccc(Cl)cc1Cl)C(=O)CCc1ccccc1Cl. The Balaban J connectivity index is 2.21. The predicted octanol–water partition coefficient (Wildman–Crippen LogP) is 5.52. The summed E-state index contributed by atoms with van der Waals surface area (Å²) in [5, 5.41) is 4.46. The number of nitrogens with zero attached hydrogens (tertiary/aromatic N) is 1. The molecular weight excluding hydrogens is 431 g/mol. The topological polar surface area (TPSA) is 49.4 Å². The molecule has 0 aliphatic rings. The molecule has 0 spiro atoms. The smallest absolute Gasteiger partial charge is 0.242 e. The summed E-state index contributed by atoms with van der Waals surface area (Å²) in [7, 11) is 0. The van der Waals surface area contributed by atoms with Crippen LogP contribution in [0, 0.1) is 0 Å². The van der Waals surface area contributed by atoms with Crippen molar-refractivity contribution in [3.05, 3.63) is 68.7 Å². The van der Waals surface area contributed by atoms with Gasteiger partial charge in [0.15, 0.2) is 0 Å². The van der Waals surface area contributed by atoms with Crippen molar-refractivity contribution in [2.45, 2.75) is 52.2 Å². The highest BCUT2D eigenvalue weighted by Gasteiger charge is 2.27. The molecule has 2 amide bonds. The van der Waals surface area contributed by atoms with Gasteiger partial charge >= 0.3 is 0 Å². The summed E-state index contributed by atoms with van der Waals surface area (Å²) in [6, 6.07) is 11.9. The Morgan fingerprint density at radius 3 is 2.28 bits per heavy atom. The number of benzene rings is 2. The number of hydrogen-bond acceptors (Lipinski definition) is 2. The van der Waals surface area contributed by atoms with Crippen LogP contribution in [0.15, 0.2) is 42.5 Å². The van der Waals surface area contributed by atoms with Gasteiger partial charge in [-0.2, -0.15) is 0 Å². The van der Waals surface area contributed by atoms with Crippen molar-refractivity contribution in [2.75, 3.05) is 0 Å². The summed E-state index contributed by atoms with van der Waals surface area (Å²) in [5.74, 6) is -0.362. The molecule has 2 aromatic carbocycles. The molecule has 0 bridgehead atoms. The van der Waals surface area contributed by atoms with Crippen molar-refractivity contribution in [3.63, 3.8) is 0 Å². The van der Waals surface area contributed by atoms with Crippen LogP contribution >= 0.6 is 34.8 Å². The first kappa shape index (κ1) is 23.5. The second-order valence-corrected chi connectivity index (χ2v) is 8.44. The van der Waals surface area contributed by atoms with Gasteiger partial charge in [0.2, 0.25) is 11.8 Å². The van der Waals surface area contributed by atoms with Gasteiger partial charge in [-0.25, -0.2) is 0 Å². The highest BCUT2D eigenvalue weighted by atomic mass is 35.5. The lowest BCUT2D eigenvalue weighted by molar-refractivity contribution is -0.140. The van der Waals surface area contributed by atoms with E-state index in [0.717, 1.165) is 11.1 Å². The molecule has 0 heterocycles. The van der Waals surface area contributed by atoms with E-state index in [2.05, 4.69) is 5.32 Å². The van der Waals surface area contributed by atoms with Crippen molar-refractivity contribution in [3.8, 4) is 0 Å². The molecule has 0 aromatic heterocycles. The zero-order chi connectivity index (χ0) is 21.6. The maximum absolute atomic E-state index is 13.1. The maximum Gasteiger partial charge on any atom is 0.242 e. The molecule has 0 aliphatic heterocycles. The number of nitrogens with one attached hydrogen (secondary N) is 1. The van der Waals surface area contributed by atoms with Crippen molar-refractivity contribution in [1.29, 1.82) is 0 Å². The molecule has 1 atom stereocenters. The van der Waals surface area contributed by atoms with E-state index in [1.165, 1.54) is 0 Å². The van der Waals surface area contributed by atoms with Crippen LogP contribution in [-0.4, -0.2) is 28.8 Å². The van der Waals surface area contributed by atoms with E-state index in [-0.39, 0.29) is 30.8 Å². The first-order chi connectivity index (χ1) is 13.7. The van der Waals surface area contributed by atoms with Gasteiger partial charge in [0.1, 0.15) is 6.04 Å². The lowest BCUT2D eigenvalue weighted by atomic mass is 10.1. The fourth-order valence-electron chi connectivity index (χ4n) is 2.91. The number of rotatable bonds is 8. The van der Waals surface area contributed by atoms with Crippen LogP contribution in [-0.2, 0) is 22.6 Å². The highest BCUT2D eigenvalue weighted by Crippen LogP contribution is 2.24. The van der Waals surface area contributed by atoms with Crippen LogP contribution in [0.25, 0.3) is 0 Å². The number of carbonyl (C=O) groups excluding carboxylic acids is 2. The standard InChI is InChI=1S/C22H25Cl3N2O2/c1-14(2)26-22(29)15(3)27(13-17-8-10-18(23)12-20(17)25)21(28)11-9-16-6-4-5-7-19(16)24/h4-8,10,12,14-15H,9,11,13H2,1-3H3,(H,26,29)/t15-/m0/s1. The van der Waals surface area contributed by atoms with Gasteiger partial charge in [-0.1, -0.05) is 59.1 Å². The largest absolute Gasteiger partial charge is 0.352 e. The van der Waals surface area contributed by atoms with Gasteiger partial charge in [0.05, 0.1) is 0 Å². The molecule has 0 unspecified atom stereocenters. The molecule has 2 aromatic rings. The number of halogens is 3. The number of hydrogen-bond donors (Lipinski definition) is 1. The van der Waals surface area contributed by atoms with E-state index in [4.69, 9.17) is 34.8 Å². The lowest BCUT2D eigenvalue weighted by Crippen LogP contribution is -2.49. The molecule has 2 rings (SSSR count). The average Bonchev–Trinajstić information content (AvgIpc) is 2.65. The predicted molar refractivity (Wildman–Crippen MR) is 120 cm³/mol. The molecular formula is C22H25Cl3N2O2. The van der Waals surface area contributed by atoms with Crippen LogP contribution in [0.4, 0.5) is 0 Å². The van der Waals surface area contributed by atoms with E-state index in [1.807, 2.05) is 32.0 Å². The van der Waals surface area contributed by atoms with Crippen molar-refractivity contribution in [2.24, 2.45) is 0 Å². The Morgan fingerprint density at radius 1 is 0.966 bits per heavy atom. The van der Waals surface area contributed by atoms with E-state index in [1.54, 1.807) is 36.1 Å². The summed E-state index contributed by atoms with van der Waals surface area (Å²) in [6.07, 6.45) is 0.718. The molecule has 0 saturated carbocycles. The molecule has 1 N–H and O–H groups in total. The molecule has 156 valence electrons. The summed E-state index contributed by atoms with van der Waals surface area (Å²) in [4.78, 5) is 27.2. The number of carbonyl (C=O) groups is 2. The Labute approximate surface area is 187 Å². The van der Waals surface area contributed by atoms with Crippen LogP contribution in [0.2, 0.25) is 15.1 Å². The quantitative estimate of drug-likeness (QED) is 0.569. The van der Waals surface area contributed by atoms with Crippen molar-refractivity contribution >= 4 is 46.6 Å².